The van der Waals surface area contributed by atoms with Gasteiger partial charge in [-0.3, -0.25) is 9.59 Å². The number of carbonyl (C=O) groups excluding carboxylic acids is 2. The lowest BCUT2D eigenvalue weighted by molar-refractivity contribution is -0.121. The van der Waals surface area contributed by atoms with E-state index in [9.17, 15) is 14.0 Å². The molecule has 0 saturated carbocycles. The summed E-state index contributed by atoms with van der Waals surface area (Å²) in [5.74, 6) is -0.202. The lowest BCUT2D eigenvalue weighted by Crippen LogP contribution is -2.34. The molecule has 0 bridgehead atoms. The van der Waals surface area contributed by atoms with Crippen LogP contribution in [0, 0.1) is 5.82 Å². The normalized spacial score (nSPS) is 10.3. The summed E-state index contributed by atoms with van der Waals surface area (Å²) in [6.45, 7) is 1.96. The minimum atomic E-state index is -0.485. The van der Waals surface area contributed by atoms with Crippen molar-refractivity contribution < 1.29 is 18.7 Å². The predicted molar refractivity (Wildman–Crippen MR) is 98.8 cm³/mol. The van der Waals surface area contributed by atoms with Crippen molar-refractivity contribution in [2.24, 2.45) is 0 Å². The zero-order valence-electron chi connectivity index (χ0n) is 15.0. The molecule has 2 aromatic rings. The van der Waals surface area contributed by atoms with Gasteiger partial charge in [0, 0.05) is 26.4 Å². The van der Waals surface area contributed by atoms with Crippen LogP contribution in [0.15, 0.2) is 48.5 Å². The highest BCUT2D eigenvalue weighted by atomic mass is 19.1. The summed E-state index contributed by atoms with van der Waals surface area (Å²) in [4.78, 5) is 25.1. The van der Waals surface area contributed by atoms with Crippen LogP contribution in [0.3, 0.4) is 0 Å². The fourth-order valence-corrected chi connectivity index (χ4v) is 2.59. The van der Waals surface area contributed by atoms with Crippen LogP contribution in [-0.2, 0) is 16.0 Å². The Morgan fingerprint density at radius 3 is 2.62 bits per heavy atom. The molecular formula is C20H23FN2O3. The molecule has 5 nitrogen and oxygen atoms in total. The van der Waals surface area contributed by atoms with Crippen molar-refractivity contribution in [3.8, 4) is 5.75 Å². The van der Waals surface area contributed by atoms with Crippen LogP contribution in [0.5, 0.6) is 5.75 Å². The number of amides is 2. The summed E-state index contributed by atoms with van der Waals surface area (Å²) < 4.78 is 19.0. The molecule has 0 fully saturated rings. The molecule has 0 aliphatic carbocycles. The van der Waals surface area contributed by atoms with Gasteiger partial charge in [0.05, 0.1) is 12.8 Å². The molecule has 1 N–H and O–H groups in total. The van der Waals surface area contributed by atoms with Gasteiger partial charge in [0.1, 0.15) is 11.6 Å². The topological polar surface area (TPSA) is 58.6 Å². The van der Waals surface area contributed by atoms with Gasteiger partial charge in [-0.15, -0.1) is 0 Å². The van der Waals surface area contributed by atoms with E-state index in [1.165, 1.54) is 24.0 Å². The average molecular weight is 358 g/mol. The molecule has 0 radical (unpaired) electrons. The van der Waals surface area contributed by atoms with Crippen molar-refractivity contribution in [1.82, 2.24) is 5.32 Å². The SMILES string of the molecule is COc1cccc(CCNC(=O)CCN(C(C)=O)c2ccccc2F)c1. The van der Waals surface area contributed by atoms with Gasteiger partial charge in [0.25, 0.3) is 0 Å². The number of ether oxygens (including phenoxy) is 1. The first-order valence-corrected chi connectivity index (χ1v) is 8.43. The lowest BCUT2D eigenvalue weighted by Gasteiger charge is -2.21. The van der Waals surface area contributed by atoms with E-state index in [0.717, 1.165) is 11.3 Å². The van der Waals surface area contributed by atoms with Gasteiger partial charge in [-0.05, 0) is 36.2 Å². The van der Waals surface area contributed by atoms with Gasteiger partial charge < -0.3 is 15.0 Å². The van der Waals surface area contributed by atoms with Crippen molar-refractivity contribution in [2.45, 2.75) is 19.8 Å². The number of nitrogens with zero attached hydrogens (tertiary/aromatic N) is 1. The van der Waals surface area contributed by atoms with E-state index in [0.29, 0.717) is 13.0 Å². The Morgan fingerprint density at radius 2 is 1.92 bits per heavy atom. The highest BCUT2D eigenvalue weighted by molar-refractivity contribution is 5.92. The van der Waals surface area contributed by atoms with E-state index in [1.54, 1.807) is 19.2 Å². The fourth-order valence-electron chi connectivity index (χ4n) is 2.59. The van der Waals surface area contributed by atoms with Gasteiger partial charge in [-0.25, -0.2) is 4.39 Å². The zero-order chi connectivity index (χ0) is 18.9. The third-order valence-electron chi connectivity index (χ3n) is 3.96. The van der Waals surface area contributed by atoms with Crippen LogP contribution in [-0.4, -0.2) is 32.0 Å². The van der Waals surface area contributed by atoms with Crippen LogP contribution in [0.25, 0.3) is 0 Å². The minimum absolute atomic E-state index is 0.103. The first-order chi connectivity index (χ1) is 12.5. The summed E-state index contributed by atoms with van der Waals surface area (Å²) in [5, 5.41) is 2.82. The molecule has 0 spiro atoms. The van der Waals surface area contributed by atoms with E-state index in [-0.39, 0.29) is 30.5 Å². The number of benzene rings is 2. The third-order valence-corrected chi connectivity index (χ3v) is 3.96. The third kappa shape index (κ3) is 5.58. The number of halogens is 1. The second kappa shape index (κ2) is 9.56. The molecule has 0 unspecified atom stereocenters. The summed E-state index contributed by atoms with van der Waals surface area (Å²) in [6, 6.07) is 13.7. The van der Waals surface area contributed by atoms with Crippen molar-refractivity contribution in [3.63, 3.8) is 0 Å². The number of para-hydroxylation sites is 1. The van der Waals surface area contributed by atoms with Crippen molar-refractivity contribution in [1.29, 1.82) is 0 Å². The fraction of sp³-hybridized carbons (Fsp3) is 0.300. The van der Waals surface area contributed by atoms with E-state index < -0.39 is 5.82 Å². The molecule has 0 saturated heterocycles. The molecule has 0 atom stereocenters. The molecule has 26 heavy (non-hydrogen) atoms. The molecule has 138 valence electrons. The minimum Gasteiger partial charge on any atom is -0.497 e. The summed E-state index contributed by atoms with van der Waals surface area (Å²) >= 11 is 0. The van der Waals surface area contributed by atoms with E-state index >= 15 is 0 Å². The Bertz CT molecular complexity index is 764. The van der Waals surface area contributed by atoms with E-state index in [2.05, 4.69) is 5.32 Å². The van der Waals surface area contributed by atoms with Gasteiger partial charge in [0.15, 0.2) is 0 Å². The quantitative estimate of drug-likeness (QED) is 0.789. The van der Waals surface area contributed by atoms with E-state index in [4.69, 9.17) is 4.74 Å². The number of hydrogen-bond acceptors (Lipinski definition) is 3. The maximum atomic E-state index is 13.9. The van der Waals surface area contributed by atoms with Gasteiger partial charge in [-0.1, -0.05) is 24.3 Å². The monoisotopic (exact) mass is 358 g/mol. The Labute approximate surface area is 152 Å². The van der Waals surface area contributed by atoms with E-state index in [1.807, 2.05) is 24.3 Å². The van der Waals surface area contributed by atoms with Crippen molar-refractivity contribution >= 4 is 17.5 Å². The number of carbonyl (C=O) groups is 2. The van der Waals surface area contributed by atoms with Crippen LogP contribution >= 0.6 is 0 Å². The highest BCUT2D eigenvalue weighted by Crippen LogP contribution is 2.19. The summed E-state index contributed by atoms with van der Waals surface area (Å²) in [6.07, 6.45) is 0.776. The number of hydrogen-bond donors (Lipinski definition) is 1. The smallest absolute Gasteiger partial charge is 0.223 e. The largest absolute Gasteiger partial charge is 0.497 e. The predicted octanol–water partition coefficient (Wildman–Crippen LogP) is 2.94. The number of methoxy groups -OCH3 is 1. The molecule has 0 aliphatic heterocycles. The number of nitrogens with one attached hydrogen (secondary N) is 1. The second-order valence-electron chi connectivity index (χ2n) is 5.82. The Balaban J connectivity index is 1.83. The molecule has 0 aliphatic rings. The molecule has 0 aromatic heterocycles. The van der Waals surface area contributed by atoms with Gasteiger partial charge in [0.2, 0.25) is 11.8 Å². The van der Waals surface area contributed by atoms with Crippen LogP contribution in [0.2, 0.25) is 0 Å². The summed E-state index contributed by atoms with van der Waals surface area (Å²) in [5.41, 5.74) is 1.24. The van der Waals surface area contributed by atoms with Crippen LogP contribution in [0.4, 0.5) is 10.1 Å². The molecule has 6 heteroatoms. The summed E-state index contributed by atoms with van der Waals surface area (Å²) in [7, 11) is 1.61. The van der Waals surface area contributed by atoms with Crippen LogP contribution in [0.1, 0.15) is 18.9 Å². The molecular weight excluding hydrogens is 335 g/mol. The average Bonchev–Trinajstić information content (AvgIpc) is 2.63. The molecule has 2 aromatic carbocycles. The Kier molecular flexibility index (Phi) is 7.14. The van der Waals surface area contributed by atoms with Crippen LogP contribution < -0.4 is 15.0 Å². The molecule has 0 heterocycles. The van der Waals surface area contributed by atoms with Crippen molar-refractivity contribution in [2.75, 3.05) is 25.1 Å². The first kappa shape index (κ1) is 19.4. The lowest BCUT2D eigenvalue weighted by atomic mass is 10.1. The number of anilines is 1. The maximum Gasteiger partial charge on any atom is 0.223 e. The molecule has 2 rings (SSSR count). The van der Waals surface area contributed by atoms with Gasteiger partial charge in [-0.2, -0.15) is 0 Å². The molecule has 2 amide bonds. The highest BCUT2D eigenvalue weighted by Gasteiger charge is 2.16. The second-order valence-corrected chi connectivity index (χ2v) is 5.82. The van der Waals surface area contributed by atoms with Crippen molar-refractivity contribution in [3.05, 3.63) is 59.9 Å². The maximum absolute atomic E-state index is 13.9. The first-order valence-electron chi connectivity index (χ1n) is 8.43. The zero-order valence-corrected chi connectivity index (χ0v) is 15.0. The number of rotatable bonds is 8. The Hall–Kier alpha value is -2.89. The van der Waals surface area contributed by atoms with Gasteiger partial charge >= 0.3 is 0 Å². The standard InChI is InChI=1S/C20H23FN2O3/c1-15(24)23(19-9-4-3-8-18(19)21)13-11-20(25)22-12-10-16-6-5-7-17(14-16)26-2/h3-9,14H,10-13H2,1-2H3,(H,22,25). The Morgan fingerprint density at radius 1 is 1.15 bits per heavy atom.